The molecule has 0 aliphatic rings. The summed E-state index contributed by atoms with van der Waals surface area (Å²) >= 11 is 0. The summed E-state index contributed by atoms with van der Waals surface area (Å²) in [5, 5.41) is 13.9. The Kier molecular flexibility index (Phi) is 35.4. The summed E-state index contributed by atoms with van der Waals surface area (Å²) in [7, 11) is 1.30. The van der Waals surface area contributed by atoms with E-state index in [1.807, 2.05) is 21.1 Å². The van der Waals surface area contributed by atoms with E-state index in [1.54, 1.807) is 0 Å². The van der Waals surface area contributed by atoms with Crippen LogP contribution in [0.2, 0.25) is 0 Å². The largest absolute Gasteiger partial charge is 0.756 e. The molecule has 1 amide bonds. The molecule has 0 rings (SSSR count). The van der Waals surface area contributed by atoms with Crippen molar-refractivity contribution in [2.24, 2.45) is 0 Å². The number of carbonyl (C=O) groups is 1. The van der Waals surface area contributed by atoms with E-state index in [-0.39, 0.29) is 19.1 Å². The predicted molar refractivity (Wildman–Crippen MR) is 219 cm³/mol. The van der Waals surface area contributed by atoms with Gasteiger partial charge in [-0.05, 0) is 38.5 Å². The average Bonchev–Trinajstić information content (AvgIpc) is 3.09. The molecule has 0 saturated carbocycles. The van der Waals surface area contributed by atoms with E-state index in [4.69, 9.17) is 9.05 Å². The molecule has 0 aromatic rings. The third kappa shape index (κ3) is 37.6. The highest BCUT2D eigenvalue weighted by Crippen LogP contribution is 2.38. The SMILES string of the molecule is CCCCCC/C=C\CCCCCCCC(=O)NC(COP(=O)([O-])OCC[N+](C)(C)C)C(O)CCCCCCCCCCCCCCCCCCC. The second kappa shape index (κ2) is 35.9. The molecule has 0 radical (unpaired) electrons. The molecular formula is C43H87N2O6P. The minimum atomic E-state index is -4.56. The highest BCUT2D eigenvalue weighted by Gasteiger charge is 2.24. The van der Waals surface area contributed by atoms with Crippen molar-refractivity contribution >= 4 is 13.7 Å². The van der Waals surface area contributed by atoms with Gasteiger partial charge in [0, 0.05) is 6.42 Å². The van der Waals surface area contributed by atoms with Crippen LogP contribution in [0.5, 0.6) is 0 Å². The van der Waals surface area contributed by atoms with Gasteiger partial charge in [-0.2, -0.15) is 0 Å². The normalized spacial score (nSPS) is 14.5. The third-order valence-electron chi connectivity index (χ3n) is 10.0. The van der Waals surface area contributed by atoms with Crippen LogP contribution in [-0.2, 0) is 18.4 Å². The first kappa shape index (κ1) is 51.2. The van der Waals surface area contributed by atoms with Crippen molar-refractivity contribution in [1.29, 1.82) is 0 Å². The van der Waals surface area contributed by atoms with Crippen LogP contribution in [0.4, 0.5) is 0 Å². The number of hydrogen-bond acceptors (Lipinski definition) is 6. The number of phosphoric ester groups is 1. The maximum atomic E-state index is 12.8. The Morgan fingerprint density at radius 3 is 1.52 bits per heavy atom. The smallest absolute Gasteiger partial charge is 0.268 e. The summed E-state index contributed by atoms with van der Waals surface area (Å²) < 4.78 is 23.2. The molecule has 0 aromatic carbocycles. The molecule has 0 spiro atoms. The number of aliphatic hydroxyl groups is 1. The van der Waals surface area contributed by atoms with E-state index in [2.05, 4.69) is 31.3 Å². The zero-order chi connectivity index (χ0) is 38.6. The lowest BCUT2D eigenvalue weighted by Crippen LogP contribution is -2.46. The Hall–Kier alpha value is -0.760. The molecule has 0 saturated heterocycles. The molecule has 2 N–H and O–H groups in total. The first-order valence-electron chi connectivity index (χ1n) is 22.0. The molecule has 3 atom stereocenters. The first-order chi connectivity index (χ1) is 25.0. The maximum Gasteiger partial charge on any atom is 0.268 e. The van der Waals surface area contributed by atoms with Crippen LogP contribution < -0.4 is 10.2 Å². The van der Waals surface area contributed by atoms with Gasteiger partial charge in [-0.25, -0.2) is 0 Å². The highest BCUT2D eigenvalue weighted by molar-refractivity contribution is 7.45. The molecule has 3 unspecified atom stereocenters. The Balaban J connectivity index is 4.36. The lowest BCUT2D eigenvalue weighted by molar-refractivity contribution is -0.870. The number of nitrogens with one attached hydrogen (secondary N) is 1. The van der Waals surface area contributed by atoms with Gasteiger partial charge < -0.3 is 28.8 Å². The van der Waals surface area contributed by atoms with E-state index in [1.165, 1.54) is 128 Å². The molecule has 8 nitrogen and oxygen atoms in total. The minimum Gasteiger partial charge on any atom is -0.756 e. The highest BCUT2D eigenvalue weighted by atomic mass is 31.2. The van der Waals surface area contributed by atoms with Crippen LogP contribution in [0.25, 0.3) is 0 Å². The molecule has 9 heteroatoms. The van der Waals surface area contributed by atoms with Crippen LogP contribution in [0.3, 0.4) is 0 Å². The van der Waals surface area contributed by atoms with Gasteiger partial charge in [0.2, 0.25) is 5.91 Å². The van der Waals surface area contributed by atoms with E-state index < -0.39 is 20.0 Å². The summed E-state index contributed by atoms with van der Waals surface area (Å²) in [6.07, 6.45) is 39.2. The second-order valence-corrected chi connectivity index (χ2v) is 17.8. The molecule has 0 fully saturated rings. The van der Waals surface area contributed by atoms with Crippen molar-refractivity contribution in [3.8, 4) is 0 Å². The zero-order valence-corrected chi connectivity index (χ0v) is 35.9. The molecule has 52 heavy (non-hydrogen) atoms. The van der Waals surface area contributed by atoms with Gasteiger partial charge in [0.25, 0.3) is 7.82 Å². The Labute approximate surface area is 322 Å². The third-order valence-corrected chi connectivity index (χ3v) is 11.0. The predicted octanol–water partition coefficient (Wildman–Crippen LogP) is 11.3. The molecular weight excluding hydrogens is 671 g/mol. The fraction of sp³-hybridized carbons (Fsp3) is 0.930. The molecule has 0 aliphatic carbocycles. The number of likely N-dealkylation sites (N-methyl/N-ethyl adjacent to an activating group) is 1. The lowest BCUT2D eigenvalue weighted by atomic mass is 10.0. The zero-order valence-electron chi connectivity index (χ0n) is 35.0. The van der Waals surface area contributed by atoms with Crippen molar-refractivity contribution < 1.29 is 32.9 Å². The number of amides is 1. The number of hydrogen-bond donors (Lipinski definition) is 2. The van der Waals surface area contributed by atoms with Gasteiger partial charge in [-0.1, -0.05) is 174 Å². The minimum absolute atomic E-state index is 0.0123. The van der Waals surface area contributed by atoms with Gasteiger partial charge in [0.05, 0.1) is 39.9 Å². The molecule has 0 aromatic heterocycles. The van der Waals surface area contributed by atoms with Crippen molar-refractivity contribution in [1.82, 2.24) is 5.32 Å². The van der Waals surface area contributed by atoms with E-state index in [9.17, 15) is 19.4 Å². The van der Waals surface area contributed by atoms with Crippen molar-refractivity contribution in [2.45, 2.75) is 219 Å². The van der Waals surface area contributed by atoms with Crippen LogP contribution >= 0.6 is 7.82 Å². The topological polar surface area (TPSA) is 108 Å². The van der Waals surface area contributed by atoms with E-state index >= 15 is 0 Å². The van der Waals surface area contributed by atoms with Crippen molar-refractivity contribution in [3.63, 3.8) is 0 Å². The number of aliphatic hydroxyl groups excluding tert-OH is 1. The van der Waals surface area contributed by atoms with E-state index in [0.717, 1.165) is 51.4 Å². The number of allylic oxidation sites excluding steroid dienone is 2. The molecule has 0 heterocycles. The molecule has 0 aliphatic heterocycles. The number of unbranched alkanes of at least 4 members (excludes halogenated alkanes) is 25. The second-order valence-electron chi connectivity index (χ2n) is 16.4. The summed E-state index contributed by atoms with van der Waals surface area (Å²) in [4.78, 5) is 25.3. The standard InChI is InChI=1S/C43H87N2O6P/c1-6-8-10-12-14-16-18-20-21-22-23-25-26-28-30-32-34-36-42(46)41(40-51-52(48,49)50-39-38-45(3,4)5)44-43(47)37-35-33-31-29-27-24-19-17-15-13-11-9-7-2/h17,19,41-42,46H,6-16,18,20-40H2,1-5H3,(H-,44,47,48,49)/b19-17-. The van der Waals surface area contributed by atoms with Crippen molar-refractivity contribution in [3.05, 3.63) is 12.2 Å². The fourth-order valence-electron chi connectivity index (χ4n) is 6.45. The number of phosphoric acid groups is 1. The summed E-state index contributed by atoms with van der Waals surface area (Å²) in [6, 6.07) is -0.799. The number of quaternary nitrogens is 1. The number of nitrogens with zero attached hydrogens (tertiary/aromatic N) is 1. The quantitative estimate of drug-likeness (QED) is 0.0279. The van der Waals surface area contributed by atoms with Gasteiger partial charge in [0.15, 0.2) is 0 Å². The van der Waals surface area contributed by atoms with Gasteiger partial charge in [-0.3, -0.25) is 9.36 Å². The fourth-order valence-corrected chi connectivity index (χ4v) is 7.17. The van der Waals surface area contributed by atoms with Crippen molar-refractivity contribution in [2.75, 3.05) is 40.9 Å². The average molecular weight is 759 g/mol. The lowest BCUT2D eigenvalue weighted by Gasteiger charge is -2.30. The van der Waals surface area contributed by atoms with Crippen LogP contribution in [0.15, 0.2) is 12.2 Å². The van der Waals surface area contributed by atoms with E-state index in [0.29, 0.717) is 23.9 Å². The van der Waals surface area contributed by atoms with Crippen LogP contribution in [0, 0.1) is 0 Å². The number of carbonyl (C=O) groups excluding carboxylic acids is 1. The van der Waals surface area contributed by atoms with Crippen LogP contribution in [-0.4, -0.2) is 68.5 Å². The Morgan fingerprint density at radius 2 is 1.06 bits per heavy atom. The molecule has 0 bridgehead atoms. The first-order valence-corrected chi connectivity index (χ1v) is 23.5. The summed E-state index contributed by atoms with van der Waals surface area (Å²) in [6.45, 7) is 4.70. The summed E-state index contributed by atoms with van der Waals surface area (Å²) in [5.74, 6) is -0.173. The summed E-state index contributed by atoms with van der Waals surface area (Å²) in [5.41, 5.74) is 0. The molecule has 310 valence electrons. The van der Waals surface area contributed by atoms with Gasteiger partial charge >= 0.3 is 0 Å². The number of rotatable bonds is 40. The van der Waals surface area contributed by atoms with Crippen LogP contribution in [0.1, 0.15) is 206 Å². The maximum absolute atomic E-state index is 12.8. The Bertz CT molecular complexity index is 865. The Morgan fingerprint density at radius 1 is 0.654 bits per heavy atom. The monoisotopic (exact) mass is 759 g/mol. The van der Waals surface area contributed by atoms with Gasteiger partial charge in [0.1, 0.15) is 13.2 Å². The van der Waals surface area contributed by atoms with Gasteiger partial charge in [-0.15, -0.1) is 0 Å².